The highest BCUT2D eigenvalue weighted by molar-refractivity contribution is 5.61. The molecule has 70 valence electrons. The molecular weight excluding hydrogens is 160 g/mol. The fraction of sp³-hybridized carbons (Fsp3) is 0.167. The van der Waals surface area contributed by atoms with Crippen molar-refractivity contribution in [3.05, 3.63) is 54.8 Å². The molecule has 1 rings (SSSR count). The summed E-state index contributed by atoms with van der Waals surface area (Å²) >= 11 is 0. The lowest BCUT2D eigenvalue weighted by molar-refractivity contribution is 0.476. The van der Waals surface area contributed by atoms with Gasteiger partial charge in [0, 0.05) is 0 Å². The van der Waals surface area contributed by atoms with Gasteiger partial charge in [0.25, 0.3) is 0 Å². The van der Waals surface area contributed by atoms with Gasteiger partial charge in [0.2, 0.25) is 0 Å². The number of aliphatic hydroxyl groups excluding tert-OH is 1. The Bertz CT molecular complexity index is 270. The van der Waals surface area contributed by atoms with Crippen LogP contribution < -0.4 is 0 Å². The average molecular weight is 176 g/mol. The normalized spacial score (nSPS) is 8.15. The van der Waals surface area contributed by atoms with E-state index in [1.165, 1.54) is 11.1 Å². The molecule has 1 aromatic carbocycles. The third kappa shape index (κ3) is 4.86. The maximum atomic E-state index is 7.33. The Balaban J connectivity index is 0.000000424. The van der Waals surface area contributed by atoms with Gasteiger partial charge in [-0.05, 0) is 19.4 Å². The highest BCUT2D eigenvalue weighted by atomic mass is 16.2. The molecule has 1 N–H and O–H groups in total. The van der Waals surface area contributed by atoms with Gasteiger partial charge in [-0.1, -0.05) is 48.6 Å². The third-order valence-corrected chi connectivity index (χ3v) is 1.54. The lowest BCUT2D eigenvalue weighted by Crippen LogP contribution is -1.76. The molecule has 0 radical (unpaired) electrons. The lowest BCUT2D eigenvalue weighted by Gasteiger charge is -1.98. The van der Waals surface area contributed by atoms with E-state index in [1.54, 1.807) is 0 Å². The molecule has 1 nitrogen and oxygen atoms in total. The quantitative estimate of drug-likeness (QED) is 0.646. The zero-order chi connectivity index (χ0) is 10.3. The number of rotatable bonds is 1. The second-order valence-electron chi connectivity index (χ2n) is 2.83. The van der Waals surface area contributed by atoms with E-state index in [0.29, 0.717) is 0 Å². The highest BCUT2D eigenvalue weighted by Crippen LogP contribution is 2.11. The van der Waals surface area contributed by atoms with Gasteiger partial charge in [-0.3, -0.25) is 0 Å². The van der Waals surface area contributed by atoms with E-state index in [4.69, 9.17) is 5.11 Å². The minimum atomic E-state index is 0.750. The summed E-state index contributed by atoms with van der Waals surface area (Å²) in [5, 5.41) is 7.33. The molecule has 0 aliphatic heterocycles. The fourth-order valence-corrected chi connectivity index (χ4v) is 0.838. The minimum Gasteiger partial charge on any atom is -0.516 e. The number of hydrogen-bond donors (Lipinski definition) is 1. The van der Waals surface area contributed by atoms with Crippen LogP contribution in [0.5, 0.6) is 0 Å². The van der Waals surface area contributed by atoms with Crippen LogP contribution in [0.15, 0.2) is 43.7 Å². The van der Waals surface area contributed by atoms with Gasteiger partial charge in [-0.15, -0.1) is 0 Å². The van der Waals surface area contributed by atoms with Crippen molar-refractivity contribution in [1.82, 2.24) is 0 Å². The van der Waals surface area contributed by atoms with Gasteiger partial charge in [-0.25, -0.2) is 0 Å². The van der Waals surface area contributed by atoms with E-state index in [9.17, 15) is 0 Å². The Hall–Kier alpha value is -1.50. The van der Waals surface area contributed by atoms with Gasteiger partial charge in [0.05, 0.1) is 6.26 Å². The molecule has 0 heterocycles. The van der Waals surface area contributed by atoms with Crippen molar-refractivity contribution < 1.29 is 5.11 Å². The van der Waals surface area contributed by atoms with Crippen LogP contribution in [-0.2, 0) is 0 Å². The van der Waals surface area contributed by atoms with Crippen molar-refractivity contribution in [3.8, 4) is 0 Å². The Morgan fingerprint density at radius 1 is 1.31 bits per heavy atom. The van der Waals surface area contributed by atoms with Crippen LogP contribution in [0.4, 0.5) is 0 Å². The smallest absolute Gasteiger partial charge is 0.0719 e. The predicted octanol–water partition coefficient (Wildman–Crippen LogP) is 3.72. The summed E-state index contributed by atoms with van der Waals surface area (Å²) in [6, 6.07) is 8.39. The number of aryl methyl sites for hydroxylation is 1. The molecule has 0 fully saturated rings. The van der Waals surface area contributed by atoms with Crippen LogP contribution in [-0.4, -0.2) is 5.11 Å². The summed E-state index contributed by atoms with van der Waals surface area (Å²) in [5.74, 6) is 0. The molecular formula is C12H16O. The molecule has 0 saturated heterocycles. The van der Waals surface area contributed by atoms with Crippen LogP contribution in [0, 0.1) is 6.92 Å². The molecule has 0 bridgehead atoms. The Kier molecular flexibility index (Phi) is 5.37. The Morgan fingerprint density at radius 3 is 2.00 bits per heavy atom. The van der Waals surface area contributed by atoms with Crippen LogP contribution in [0.2, 0.25) is 0 Å². The summed E-state index contributed by atoms with van der Waals surface area (Å²) in [5.41, 5.74) is 3.65. The molecule has 0 aliphatic rings. The third-order valence-electron chi connectivity index (χ3n) is 1.54. The van der Waals surface area contributed by atoms with E-state index < -0.39 is 0 Å². The molecule has 1 aromatic rings. The first-order chi connectivity index (χ1) is 6.11. The van der Waals surface area contributed by atoms with Crippen molar-refractivity contribution >= 4 is 5.57 Å². The van der Waals surface area contributed by atoms with Gasteiger partial charge in [0.15, 0.2) is 0 Å². The molecule has 0 atom stereocenters. The summed E-state index contributed by atoms with van der Waals surface area (Å²) in [4.78, 5) is 0. The highest BCUT2D eigenvalue weighted by Gasteiger charge is 1.89. The summed E-state index contributed by atoms with van der Waals surface area (Å²) in [6.45, 7) is 10.9. The Labute approximate surface area is 80.0 Å². The molecule has 0 spiro atoms. The molecule has 0 unspecified atom stereocenters. The van der Waals surface area contributed by atoms with Crippen molar-refractivity contribution in [2.24, 2.45) is 0 Å². The number of benzene rings is 1. The van der Waals surface area contributed by atoms with E-state index in [-0.39, 0.29) is 0 Å². The zero-order valence-corrected chi connectivity index (χ0v) is 8.25. The summed E-state index contributed by atoms with van der Waals surface area (Å²) in [7, 11) is 0. The topological polar surface area (TPSA) is 20.2 Å². The maximum absolute atomic E-state index is 7.33. The van der Waals surface area contributed by atoms with Crippen molar-refractivity contribution in [1.29, 1.82) is 0 Å². The van der Waals surface area contributed by atoms with Crippen LogP contribution in [0.3, 0.4) is 0 Å². The zero-order valence-electron chi connectivity index (χ0n) is 8.25. The number of hydrogen-bond acceptors (Lipinski definition) is 1. The summed E-state index contributed by atoms with van der Waals surface area (Å²) < 4.78 is 0. The van der Waals surface area contributed by atoms with Crippen LogP contribution >= 0.6 is 0 Å². The molecule has 0 saturated carbocycles. The van der Waals surface area contributed by atoms with Gasteiger partial charge < -0.3 is 5.11 Å². The lowest BCUT2D eigenvalue weighted by atomic mass is 10.1. The second-order valence-corrected chi connectivity index (χ2v) is 2.83. The van der Waals surface area contributed by atoms with Crippen LogP contribution in [0.1, 0.15) is 18.1 Å². The van der Waals surface area contributed by atoms with E-state index >= 15 is 0 Å². The molecule has 1 heteroatoms. The monoisotopic (exact) mass is 176 g/mol. The fourth-order valence-electron chi connectivity index (χ4n) is 0.838. The average Bonchev–Trinajstić information content (AvgIpc) is 2.06. The minimum absolute atomic E-state index is 0.750. The largest absolute Gasteiger partial charge is 0.516 e. The van der Waals surface area contributed by atoms with Crippen molar-refractivity contribution in [2.45, 2.75) is 13.8 Å². The van der Waals surface area contributed by atoms with Crippen LogP contribution in [0.25, 0.3) is 5.57 Å². The van der Waals surface area contributed by atoms with Crippen molar-refractivity contribution in [3.63, 3.8) is 0 Å². The van der Waals surface area contributed by atoms with E-state index in [1.807, 2.05) is 6.92 Å². The number of aliphatic hydroxyl groups is 1. The first kappa shape index (κ1) is 11.5. The maximum Gasteiger partial charge on any atom is 0.0719 e. The number of allylic oxidation sites excluding steroid dienone is 1. The SMILES string of the molecule is C=C(C)c1ccc(C)cc1.C=CO. The predicted molar refractivity (Wildman–Crippen MR) is 58.7 cm³/mol. The Morgan fingerprint density at radius 2 is 1.69 bits per heavy atom. The van der Waals surface area contributed by atoms with Gasteiger partial charge in [0.1, 0.15) is 0 Å². The van der Waals surface area contributed by atoms with Gasteiger partial charge in [-0.2, -0.15) is 0 Å². The van der Waals surface area contributed by atoms with E-state index in [0.717, 1.165) is 11.8 Å². The standard InChI is InChI=1S/C10H12.C2H4O/c1-8(2)10-6-4-9(3)5-7-10;1-2-3/h4-7H,1H2,2-3H3;2-3H,1H2. The van der Waals surface area contributed by atoms with Crippen molar-refractivity contribution in [2.75, 3.05) is 0 Å². The first-order valence-corrected chi connectivity index (χ1v) is 4.09. The molecule has 0 amide bonds. The van der Waals surface area contributed by atoms with Gasteiger partial charge >= 0.3 is 0 Å². The molecule has 0 aromatic heterocycles. The molecule has 0 aliphatic carbocycles. The summed E-state index contributed by atoms with van der Waals surface area (Å²) in [6.07, 6.45) is 0.750. The first-order valence-electron chi connectivity index (χ1n) is 4.09. The molecule has 13 heavy (non-hydrogen) atoms. The second kappa shape index (κ2) is 6.06. The van der Waals surface area contributed by atoms with E-state index in [2.05, 4.69) is 44.3 Å².